The smallest absolute Gasteiger partial charge is 0.509 e. The first-order chi connectivity index (χ1) is 23.9. The summed E-state index contributed by atoms with van der Waals surface area (Å²) >= 11 is 0. The van der Waals surface area contributed by atoms with Crippen LogP contribution < -0.4 is 4.74 Å². The molecule has 0 unspecified atom stereocenters. The number of para-hydroxylation sites is 1. The van der Waals surface area contributed by atoms with Crippen molar-refractivity contribution in [1.82, 2.24) is 19.3 Å². The van der Waals surface area contributed by atoms with E-state index >= 15 is 0 Å². The van der Waals surface area contributed by atoms with Crippen LogP contribution in [0.25, 0.3) is 44.4 Å². The number of unbranched alkanes of at least 4 members (excludes halogenated alkanes) is 2. The van der Waals surface area contributed by atoms with Crippen molar-refractivity contribution >= 4 is 21.8 Å². The number of pyridine rings is 1. The van der Waals surface area contributed by atoms with Crippen LogP contribution in [0, 0.1) is 39.8 Å². The summed E-state index contributed by atoms with van der Waals surface area (Å²) < 4.78 is 10.9. The summed E-state index contributed by atoms with van der Waals surface area (Å²) in [7, 11) is 0. The van der Waals surface area contributed by atoms with Crippen LogP contribution in [0.1, 0.15) is 73.2 Å². The third kappa shape index (κ3) is 6.80. The SMILES string of the molecule is CCCCc1nn(-c2[c-]c(Oc3[c-]c4c(cc3)c3ccccc3n4-c3cc(C)ccn3)cc(C)c2)c(CCCC)c1-c1c(C)cccc1C.[Pd+2]. The fraction of sp³-hybridized carbons (Fsp3) is 0.273. The van der Waals surface area contributed by atoms with Crippen LogP contribution in [-0.2, 0) is 33.3 Å². The predicted octanol–water partition coefficient (Wildman–Crippen LogP) is 11.3. The molecule has 0 aliphatic carbocycles. The Hall–Kier alpha value is -4.50. The van der Waals surface area contributed by atoms with Crippen LogP contribution >= 0.6 is 0 Å². The molecule has 3 heterocycles. The van der Waals surface area contributed by atoms with Gasteiger partial charge in [0.05, 0.1) is 5.69 Å². The standard InChI is InChI=1S/C44H44N4O.Pd/c1-7-9-17-38-44(43-31(5)14-13-15-32(43)6)40(18-10-8-2)48(46-38)33-24-30(4)25-35(27-33)49-34-20-21-37-36-16-11-12-19-39(36)47(41(37)28-34)42-26-29(3)22-23-45-42;/h11-16,19-26H,7-10,17-18H2,1-6H3;/q-2;+2. The van der Waals surface area contributed by atoms with E-state index < -0.39 is 0 Å². The summed E-state index contributed by atoms with van der Waals surface area (Å²) in [5, 5.41) is 7.61. The van der Waals surface area contributed by atoms with E-state index in [1.54, 1.807) is 0 Å². The molecule has 0 saturated carbocycles. The van der Waals surface area contributed by atoms with Crippen LogP contribution in [0.15, 0.2) is 85.1 Å². The van der Waals surface area contributed by atoms with Gasteiger partial charge in [0.15, 0.2) is 0 Å². The van der Waals surface area contributed by atoms with E-state index in [4.69, 9.17) is 14.8 Å². The van der Waals surface area contributed by atoms with E-state index in [0.717, 1.165) is 83.0 Å². The number of hydrogen-bond acceptors (Lipinski definition) is 3. The molecular formula is C44H44N4OPd. The molecule has 0 aliphatic rings. The van der Waals surface area contributed by atoms with E-state index in [2.05, 4.69) is 124 Å². The first-order valence-electron chi connectivity index (χ1n) is 17.6. The summed E-state index contributed by atoms with van der Waals surface area (Å²) in [4.78, 5) is 4.73. The van der Waals surface area contributed by atoms with Gasteiger partial charge in [-0.1, -0.05) is 75.5 Å². The Bertz CT molecular complexity index is 2280. The fourth-order valence-electron chi connectivity index (χ4n) is 7.06. The van der Waals surface area contributed by atoms with Crippen LogP contribution in [0.4, 0.5) is 0 Å². The van der Waals surface area contributed by atoms with E-state index in [-0.39, 0.29) is 20.4 Å². The van der Waals surface area contributed by atoms with Crippen LogP contribution in [0.2, 0.25) is 0 Å². The number of hydrogen-bond donors (Lipinski definition) is 0. The van der Waals surface area contributed by atoms with Gasteiger partial charge in [-0.3, -0.25) is 4.68 Å². The number of benzene rings is 4. The topological polar surface area (TPSA) is 44.9 Å². The van der Waals surface area contributed by atoms with Crippen molar-refractivity contribution in [2.24, 2.45) is 0 Å². The second kappa shape index (κ2) is 15.2. The maximum Gasteiger partial charge on any atom is 2.00 e. The minimum atomic E-state index is 0. The summed E-state index contributed by atoms with van der Waals surface area (Å²) in [5.41, 5.74) is 12.8. The Morgan fingerprint density at radius 2 is 1.46 bits per heavy atom. The molecule has 5 nitrogen and oxygen atoms in total. The number of nitrogens with zero attached hydrogens (tertiary/aromatic N) is 4. The fourth-order valence-corrected chi connectivity index (χ4v) is 7.06. The predicted molar refractivity (Wildman–Crippen MR) is 201 cm³/mol. The first kappa shape index (κ1) is 35.3. The molecule has 0 saturated heterocycles. The molecule has 0 fully saturated rings. The molecule has 0 aliphatic heterocycles. The normalized spacial score (nSPS) is 11.3. The minimum Gasteiger partial charge on any atom is -0.509 e. The van der Waals surface area contributed by atoms with Crippen molar-refractivity contribution in [3.05, 3.63) is 131 Å². The summed E-state index contributed by atoms with van der Waals surface area (Å²) in [6, 6.07) is 34.7. The van der Waals surface area contributed by atoms with Crippen LogP contribution in [0.3, 0.4) is 0 Å². The third-order valence-electron chi connectivity index (χ3n) is 9.43. The second-order valence-corrected chi connectivity index (χ2v) is 13.3. The molecule has 3 aromatic heterocycles. The first-order valence-corrected chi connectivity index (χ1v) is 17.6. The molecule has 0 bridgehead atoms. The van der Waals surface area contributed by atoms with E-state index in [1.807, 2.05) is 24.4 Å². The van der Waals surface area contributed by atoms with Gasteiger partial charge in [0.25, 0.3) is 0 Å². The van der Waals surface area contributed by atoms with Gasteiger partial charge in [0.1, 0.15) is 5.82 Å². The molecule has 0 amide bonds. The minimum absolute atomic E-state index is 0. The van der Waals surface area contributed by atoms with Crippen molar-refractivity contribution in [2.75, 3.05) is 0 Å². The Morgan fingerprint density at radius 3 is 2.22 bits per heavy atom. The Morgan fingerprint density at radius 1 is 0.700 bits per heavy atom. The van der Waals surface area contributed by atoms with Crippen molar-refractivity contribution in [1.29, 1.82) is 0 Å². The maximum atomic E-state index is 6.60. The molecule has 0 spiro atoms. The van der Waals surface area contributed by atoms with Gasteiger partial charge in [-0.05, 0) is 98.0 Å². The van der Waals surface area contributed by atoms with Crippen molar-refractivity contribution in [2.45, 2.75) is 80.1 Å². The molecule has 0 atom stereocenters. The molecule has 6 heteroatoms. The van der Waals surface area contributed by atoms with Gasteiger partial charge in [-0.25, -0.2) is 4.98 Å². The average molecular weight is 751 g/mol. The Balaban J connectivity index is 0.00000432. The van der Waals surface area contributed by atoms with Crippen LogP contribution in [-0.4, -0.2) is 19.3 Å². The number of rotatable bonds is 11. The largest absolute Gasteiger partial charge is 2.00 e. The van der Waals surface area contributed by atoms with Gasteiger partial charge in [0.2, 0.25) is 0 Å². The quantitative estimate of drug-likeness (QED) is 0.0977. The molecule has 256 valence electrons. The summed E-state index contributed by atoms with van der Waals surface area (Å²) in [5.74, 6) is 2.13. The maximum absolute atomic E-state index is 6.60. The Labute approximate surface area is 310 Å². The zero-order chi connectivity index (χ0) is 34.1. The zero-order valence-electron chi connectivity index (χ0n) is 29.8. The number of ether oxygens (including phenoxy) is 1. The molecule has 7 rings (SSSR count). The van der Waals surface area contributed by atoms with Gasteiger partial charge in [0, 0.05) is 34.5 Å². The molecule has 0 radical (unpaired) electrons. The second-order valence-electron chi connectivity index (χ2n) is 13.3. The van der Waals surface area contributed by atoms with E-state index in [9.17, 15) is 0 Å². The summed E-state index contributed by atoms with van der Waals surface area (Å²) in [6.07, 6.45) is 8.17. The molecule has 50 heavy (non-hydrogen) atoms. The Kier molecular flexibility index (Phi) is 10.7. The number of aromatic nitrogens is 4. The molecule has 4 aromatic carbocycles. The van der Waals surface area contributed by atoms with Crippen molar-refractivity contribution < 1.29 is 25.2 Å². The monoisotopic (exact) mass is 750 g/mol. The van der Waals surface area contributed by atoms with Gasteiger partial charge < -0.3 is 9.30 Å². The molecular weight excluding hydrogens is 707 g/mol. The number of aryl methyl sites for hydroxylation is 5. The zero-order valence-corrected chi connectivity index (χ0v) is 31.4. The van der Waals surface area contributed by atoms with Crippen molar-refractivity contribution in [3.63, 3.8) is 0 Å². The summed E-state index contributed by atoms with van der Waals surface area (Å²) in [6.45, 7) is 13.1. The van der Waals surface area contributed by atoms with E-state index in [0.29, 0.717) is 11.5 Å². The van der Waals surface area contributed by atoms with Gasteiger partial charge in [-0.15, -0.1) is 35.7 Å². The van der Waals surface area contributed by atoms with Gasteiger partial charge in [-0.2, -0.15) is 16.7 Å². The van der Waals surface area contributed by atoms with Crippen LogP contribution in [0.5, 0.6) is 11.5 Å². The van der Waals surface area contributed by atoms with Crippen molar-refractivity contribution in [3.8, 4) is 34.1 Å². The molecule has 0 N–H and O–H groups in total. The number of fused-ring (bicyclic) bond motifs is 3. The van der Waals surface area contributed by atoms with Gasteiger partial charge >= 0.3 is 20.4 Å². The molecule has 7 aromatic rings. The van der Waals surface area contributed by atoms with E-state index in [1.165, 1.54) is 33.6 Å². The third-order valence-corrected chi connectivity index (χ3v) is 9.43. The average Bonchev–Trinajstić information content (AvgIpc) is 3.61.